The Balaban J connectivity index is 2.61. The van der Waals surface area contributed by atoms with Crippen molar-refractivity contribution in [1.82, 2.24) is 14.0 Å². The summed E-state index contributed by atoms with van der Waals surface area (Å²) in [7, 11) is 0. The number of imidazole rings is 2. The molecule has 0 amide bonds. The Morgan fingerprint density at radius 1 is 1.14 bits per heavy atom. The molecule has 0 aliphatic heterocycles. The minimum atomic E-state index is 0.473. The van der Waals surface area contributed by atoms with Crippen molar-refractivity contribution in [2.24, 2.45) is 0 Å². The van der Waals surface area contributed by atoms with Gasteiger partial charge in [0.15, 0.2) is 0 Å². The second-order valence-corrected chi connectivity index (χ2v) is 4.30. The van der Waals surface area contributed by atoms with Gasteiger partial charge < -0.3 is 4.57 Å². The van der Waals surface area contributed by atoms with Crippen LogP contribution in [0.1, 0.15) is 45.5 Å². The third-order valence-electron chi connectivity index (χ3n) is 2.52. The first-order valence-corrected chi connectivity index (χ1v) is 5.15. The highest BCUT2D eigenvalue weighted by Crippen LogP contribution is 2.18. The van der Waals surface area contributed by atoms with E-state index in [-0.39, 0.29) is 0 Å². The molecule has 0 atom stereocenters. The van der Waals surface area contributed by atoms with Gasteiger partial charge in [-0.25, -0.2) is 4.98 Å². The topological polar surface area (TPSA) is 22.2 Å². The average molecular weight is 191 g/mol. The molecular weight excluding hydrogens is 174 g/mol. The van der Waals surface area contributed by atoms with Crippen LogP contribution in [0.4, 0.5) is 0 Å². The minimum Gasteiger partial charge on any atom is -0.329 e. The predicted molar refractivity (Wildman–Crippen MR) is 57.7 cm³/mol. The largest absolute Gasteiger partial charge is 0.329 e. The zero-order chi connectivity index (χ0) is 10.3. The molecule has 0 saturated heterocycles. The summed E-state index contributed by atoms with van der Waals surface area (Å²) in [6, 6.07) is 0.490. The van der Waals surface area contributed by atoms with Crippen LogP contribution in [-0.4, -0.2) is 14.0 Å². The third-order valence-corrected chi connectivity index (χ3v) is 2.52. The lowest BCUT2D eigenvalue weighted by Crippen LogP contribution is -1.98. The van der Waals surface area contributed by atoms with Crippen LogP contribution in [0, 0.1) is 0 Å². The molecule has 3 nitrogen and oxygen atoms in total. The summed E-state index contributed by atoms with van der Waals surface area (Å²) in [5, 5.41) is 0. The number of hydrogen-bond donors (Lipinski definition) is 0. The van der Waals surface area contributed by atoms with E-state index in [1.165, 1.54) is 5.65 Å². The van der Waals surface area contributed by atoms with Gasteiger partial charge in [0, 0.05) is 24.4 Å². The van der Waals surface area contributed by atoms with Crippen molar-refractivity contribution in [2.45, 2.75) is 39.7 Å². The summed E-state index contributed by atoms with van der Waals surface area (Å²) < 4.78 is 4.41. The van der Waals surface area contributed by atoms with Crippen LogP contribution in [0.25, 0.3) is 5.65 Å². The van der Waals surface area contributed by atoms with Crippen molar-refractivity contribution in [3.63, 3.8) is 0 Å². The number of fused-ring (bicyclic) bond motifs is 1. The van der Waals surface area contributed by atoms with Gasteiger partial charge in [-0.2, -0.15) is 0 Å². The number of aromatic nitrogens is 3. The van der Waals surface area contributed by atoms with Crippen molar-refractivity contribution in [3.05, 3.63) is 24.4 Å². The Morgan fingerprint density at radius 3 is 2.43 bits per heavy atom. The van der Waals surface area contributed by atoms with E-state index in [1.807, 2.05) is 6.20 Å². The molecule has 2 rings (SSSR count). The molecular formula is C11H17N3. The molecule has 0 aromatic carbocycles. The summed E-state index contributed by atoms with van der Waals surface area (Å²) in [6.07, 6.45) is 6.17. The standard InChI is InChI=1S/C11H17N3/c1-8(2)11-12-7-10-13(9(3)4)5-6-14(10)11/h5-9H,1-4H3. The first kappa shape index (κ1) is 9.31. The van der Waals surface area contributed by atoms with Crippen molar-refractivity contribution < 1.29 is 0 Å². The van der Waals surface area contributed by atoms with E-state index in [2.05, 4.69) is 54.0 Å². The zero-order valence-corrected chi connectivity index (χ0v) is 9.23. The second-order valence-electron chi connectivity index (χ2n) is 4.30. The van der Waals surface area contributed by atoms with Gasteiger partial charge in [0.1, 0.15) is 11.5 Å². The number of nitrogens with zero attached hydrogens (tertiary/aromatic N) is 3. The number of rotatable bonds is 2. The smallest absolute Gasteiger partial charge is 0.137 e. The van der Waals surface area contributed by atoms with E-state index >= 15 is 0 Å². The van der Waals surface area contributed by atoms with Crippen LogP contribution in [-0.2, 0) is 0 Å². The van der Waals surface area contributed by atoms with Gasteiger partial charge in [-0.05, 0) is 13.8 Å². The first-order valence-electron chi connectivity index (χ1n) is 5.15. The van der Waals surface area contributed by atoms with Crippen molar-refractivity contribution in [1.29, 1.82) is 0 Å². The van der Waals surface area contributed by atoms with E-state index in [1.54, 1.807) is 0 Å². The van der Waals surface area contributed by atoms with Crippen molar-refractivity contribution in [3.8, 4) is 0 Å². The highest BCUT2D eigenvalue weighted by molar-refractivity contribution is 5.40. The Kier molecular flexibility index (Phi) is 2.10. The quantitative estimate of drug-likeness (QED) is 0.715. The van der Waals surface area contributed by atoms with E-state index < -0.39 is 0 Å². The van der Waals surface area contributed by atoms with Crippen LogP contribution in [0.2, 0.25) is 0 Å². The molecule has 14 heavy (non-hydrogen) atoms. The molecule has 0 N–H and O–H groups in total. The summed E-state index contributed by atoms with van der Waals surface area (Å²) in [5.41, 5.74) is 1.18. The lowest BCUT2D eigenvalue weighted by atomic mass is 10.2. The van der Waals surface area contributed by atoms with E-state index in [9.17, 15) is 0 Å². The monoisotopic (exact) mass is 191 g/mol. The predicted octanol–water partition coefficient (Wildman–Crippen LogP) is 2.84. The van der Waals surface area contributed by atoms with Gasteiger partial charge in [-0.15, -0.1) is 0 Å². The maximum absolute atomic E-state index is 4.44. The van der Waals surface area contributed by atoms with Gasteiger partial charge in [0.05, 0.1) is 6.20 Å². The fourth-order valence-corrected chi connectivity index (χ4v) is 1.79. The van der Waals surface area contributed by atoms with Crippen LogP contribution < -0.4 is 0 Å². The van der Waals surface area contributed by atoms with Gasteiger partial charge >= 0.3 is 0 Å². The van der Waals surface area contributed by atoms with Gasteiger partial charge in [-0.1, -0.05) is 13.8 Å². The highest BCUT2D eigenvalue weighted by Gasteiger charge is 2.11. The van der Waals surface area contributed by atoms with Crippen LogP contribution in [0.5, 0.6) is 0 Å². The average Bonchev–Trinajstić information content (AvgIpc) is 2.59. The lowest BCUT2D eigenvalue weighted by Gasteiger charge is -2.06. The molecule has 2 aromatic heterocycles. The molecule has 0 bridgehead atoms. The molecule has 0 unspecified atom stereocenters. The molecule has 3 heteroatoms. The molecule has 2 heterocycles. The lowest BCUT2D eigenvalue weighted by molar-refractivity contribution is 0.619. The van der Waals surface area contributed by atoms with Crippen LogP contribution >= 0.6 is 0 Å². The second kappa shape index (κ2) is 3.15. The molecule has 0 aliphatic rings. The maximum Gasteiger partial charge on any atom is 0.137 e. The summed E-state index contributed by atoms with van der Waals surface area (Å²) in [6.45, 7) is 8.70. The van der Waals surface area contributed by atoms with Crippen molar-refractivity contribution in [2.75, 3.05) is 0 Å². The van der Waals surface area contributed by atoms with Gasteiger partial charge in [0.2, 0.25) is 0 Å². The normalized spacial score (nSPS) is 12.1. The van der Waals surface area contributed by atoms with E-state index in [4.69, 9.17) is 0 Å². The minimum absolute atomic E-state index is 0.473. The molecule has 0 aliphatic carbocycles. The third kappa shape index (κ3) is 1.24. The summed E-state index contributed by atoms with van der Waals surface area (Å²) >= 11 is 0. The Labute approximate surface area is 84.4 Å². The Hall–Kier alpha value is -1.25. The molecule has 0 fully saturated rings. The fraction of sp³-hybridized carbons (Fsp3) is 0.545. The molecule has 0 radical (unpaired) electrons. The molecule has 76 valence electrons. The van der Waals surface area contributed by atoms with Crippen LogP contribution in [0.15, 0.2) is 18.6 Å². The number of hydrogen-bond acceptors (Lipinski definition) is 1. The van der Waals surface area contributed by atoms with Gasteiger partial charge in [0.25, 0.3) is 0 Å². The Bertz CT molecular complexity index is 392. The van der Waals surface area contributed by atoms with Crippen molar-refractivity contribution >= 4 is 5.65 Å². The molecule has 0 saturated carbocycles. The summed E-state index contributed by atoms with van der Waals surface area (Å²) in [4.78, 5) is 4.44. The van der Waals surface area contributed by atoms with E-state index in [0.717, 1.165) is 5.82 Å². The molecule has 0 spiro atoms. The van der Waals surface area contributed by atoms with Crippen LogP contribution in [0.3, 0.4) is 0 Å². The molecule has 2 aromatic rings. The zero-order valence-electron chi connectivity index (χ0n) is 9.23. The summed E-state index contributed by atoms with van der Waals surface area (Å²) in [5.74, 6) is 1.61. The van der Waals surface area contributed by atoms with Gasteiger partial charge in [-0.3, -0.25) is 4.40 Å². The highest BCUT2D eigenvalue weighted by atomic mass is 15.2. The fourth-order valence-electron chi connectivity index (χ4n) is 1.79. The first-order chi connectivity index (χ1) is 6.61. The Morgan fingerprint density at radius 2 is 1.86 bits per heavy atom. The maximum atomic E-state index is 4.44. The van der Waals surface area contributed by atoms with E-state index in [0.29, 0.717) is 12.0 Å². The SMILES string of the molecule is CC(C)c1ncc2n(C(C)C)ccn12.